The number of fused-ring (bicyclic) bond motifs is 1. The first-order chi connectivity index (χ1) is 11.3. The maximum Gasteiger partial charge on any atom is 0.264 e. The lowest BCUT2D eigenvalue weighted by Gasteiger charge is -2.28. The number of carbonyl (C=O) groups excluding carboxylic acids is 1. The molecule has 0 atom stereocenters. The normalized spacial score (nSPS) is 18.8. The topological polar surface area (TPSA) is 49.3 Å². The largest absolute Gasteiger partial charge is 0.356 e. The maximum absolute atomic E-state index is 12.8. The number of aryl methyl sites for hydroxylation is 1. The van der Waals surface area contributed by atoms with Gasteiger partial charge in [-0.15, -0.1) is 11.3 Å². The molecule has 0 radical (unpaired) electrons. The van der Waals surface area contributed by atoms with E-state index < -0.39 is 0 Å². The molecule has 2 fully saturated rings. The number of amides is 1. The first-order valence-corrected chi connectivity index (χ1v) is 9.35. The van der Waals surface area contributed by atoms with Crippen LogP contribution in [0.2, 0.25) is 0 Å². The number of thiophene rings is 1. The summed E-state index contributed by atoms with van der Waals surface area (Å²) in [7, 11) is 0. The van der Waals surface area contributed by atoms with Gasteiger partial charge in [-0.25, -0.2) is 9.97 Å². The summed E-state index contributed by atoms with van der Waals surface area (Å²) in [5.74, 6) is 1.19. The fraction of sp³-hybridized carbons (Fsp3) is 0.588. The molecule has 122 valence electrons. The predicted molar refractivity (Wildman–Crippen MR) is 93.4 cm³/mol. The quantitative estimate of drug-likeness (QED) is 0.848. The first kappa shape index (κ1) is 14.9. The molecule has 6 heteroatoms. The summed E-state index contributed by atoms with van der Waals surface area (Å²) in [4.78, 5) is 27.9. The van der Waals surface area contributed by atoms with Gasteiger partial charge in [-0.3, -0.25) is 4.79 Å². The van der Waals surface area contributed by atoms with Gasteiger partial charge < -0.3 is 9.80 Å². The van der Waals surface area contributed by atoms with Crippen LogP contribution < -0.4 is 4.90 Å². The highest BCUT2D eigenvalue weighted by molar-refractivity contribution is 7.20. The third kappa shape index (κ3) is 2.59. The van der Waals surface area contributed by atoms with Crippen molar-refractivity contribution >= 4 is 33.3 Å². The number of carbonyl (C=O) groups is 1. The molecule has 2 aromatic heterocycles. The van der Waals surface area contributed by atoms with E-state index >= 15 is 0 Å². The Labute approximate surface area is 140 Å². The van der Waals surface area contributed by atoms with Crippen molar-refractivity contribution in [3.63, 3.8) is 0 Å². The summed E-state index contributed by atoms with van der Waals surface area (Å²) >= 11 is 1.53. The number of rotatable bonds is 2. The Morgan fingerprint density at radius 1 is 1.04 bits per heavy atom. The fourth-order valence-electron chi connectivity index (χ4n) is 3.67. The molecule has 1 amide bonds. The highest BCUT2D eigenvalue weighted by Crippen LogP contribution is 2.36. The number of piperidine rings is 1. The zero-order chi connectivity index (χ0) is 15.8. The number of aromatic nitrogens is 2. The number of nitrogens with zero attached hydrogens (tertiary/aromatic N) is 4. The van der Waals surface area contributed by atoms with E-state index in [9.17, 15) is 4.79 Å². The van der Waals surface area contributed by atoms with Gasteiger partial charge in [0.1, 0.15) is 17.0 Å². The molecule has 0 N–H and O–H groups in total. The number of hydrogen-bond acceptors (Lipinski definition) is 5. The zero-order valence-electron chi connectivity index (χ0n) is 13.5. The van der Waals surface area contributed by atoms with Gasteiger partial charge in [-0.05, 0) is 44.6 Å². The van der Waals surface area contributed by atoms with Crippen molar-refractivity contribution in [3.8, 4) is 0 Å². The van der Waals surface area contributed by atoms with Crippen LogP contribution in [-0.2, 0) is 0 Å². The monoisotopic (exact) mass is 330 g/mol. The van der Waals surface area contributed by atoms with Crippen LogP contribution in [0.5, 0.6) is 0 Å². The van der Waals surface area contributed by atoms with Crippen molar-refractivity contribution < 1.29 is 4.79 Å². The Bertz CT molecular complexity index is 730. The van der Waals surface area contributed by atoms with Crippen molar-refractivity contribution in [1.82, 2.24) is 14.9 Å². The average Bonchev–Trinajstić information content (AvgIpc) is 3.23. The van der Waals surface area contributed by atoms with E-state index in [-0.39, 0.29) is 5.91 Å². The van der Waals surface area contributed by atoms with Crippen LogP contribution in [0.25, 0.3) is 10.2 Å². The molecular formula is C17H22N4OS. The molecule has 0 aliphatic carbocycles. The maximum atomic E-state index is 12.8. The molecule has 2 aliphatic heterocycles. The van der Waals surface area contributed by atoms with Crippen molar-refractivity contribution in [2.24, 2.45) is 0 Å². The highest BCUT2D eigenvalue weighted by Gasteiger charge is 2.26. The molecular weight excluding hydrogens is 308 g/mol. The predicted octanol–water partition coefficient (Wildman–Crippen LogP) is 3.23. The van der Waals surface area contributed by atoms with Crippen molar-refractivity contribution in [2.45, 2.75) is 39.0 Å². The standard InChI is InChI=1S/C17H22N4OS/c1-12-13-15(20-7-3-2-4-8-20)18-11-19-16(13)23-14(12)17(22)21-9-5-6-10-21/h11H,2-10H2,1H3. The van der Waals surface area contributed by atoms with Gasteiger partial charge >= 0.3 is 0 Å². The minimum absolute atomic E-state index is 0.174. The van der Waals surface area contributed by atoms with E-state index in [0.29, 0.717) is 0 Å². The van der Waals surface area contributed by atoms with E-state index in [0.717, 1.165) is 65.5 Å². The fourth-order valence-corrected chi connectivity index (χ4v) is 4.78. The molecule has 0 unspecified atom stereocenters. The third-order valence-electron chi connectivity index (χ3n) is 4.95. The number of hydrogen-bond donors (Lipinski definition) is 0. The van der Waals surface area contributed by atoms with Crippen LogP contribution in [-0.4, -0.2) is 47.0 Å². The minimum atomic E-state index is 0.174. The smallest absolute Gasteiger partial charge is 0.264 e. The molecule has 4 heterocycles. The van der Waals surface area contributed by atoms with Gasteiger partial charge in [-0.2, -0.15) is 0 Å². The Kier molecular flexibility index (Phi) is 3.93. The van der Waals surface area contributed by atoms with Gasteiger partial charge in [0, 0.05) is 26.2 Å². The Balaban J connectivity index is 1.76. The highest BCUT2D eigenvalue weighted by atomic mass is 32.1. The summed E-state index contributed by atoms with van der Waals surface area (Å²) in [6.45, 7) is 5.93. The molecule has 2 saturated heterocycles. The molecule has 0 aromatic carbocycles. The summed E-state index contributed by atoms with van der Waals surface area (Å²) in [6.07, 6.45) is 7.61. The van der Waals surface area contributed by atoms with E-state index in [1.54, 1.807) is 6.33 Å². The van der Waals surface area contributed by atoms with Crippen LogP contribution in [0.4, 0.5) is 5.82 Å². The van der Waals surface area contributed by atoms with Crippen LogP contribution in [0.15, 0.2) is 6.33 Å². The molecule has 23 heavy (non-hydrogen) atoms. The molecule has 4 rings (SSSR count). The van der Waals surface area contributed by atoms with E-state index in [1.165, 1.54) is 30.6 Å². The van der Waals surface area contributed by atoms with Crippen molar-refractivity contribution in [1.29, 1.82) is 0 Å². The first-order valence-electron chi connectivity index (χ1n) is 8.54. The van der Waals surface area contributed by atoms with Crippen LogP contribution in [0.1, 0.15) is 47.3 Å². The SMILES string of the molecule is Cc1c(C(=O)N2CCCC2)sc2ncnc(N3CCCCC3)c12. The van der Waals surface area contributed by atoms with Gasteiger partial charge in [0.05, 0.1) is 10.3 Å². The second-order valence-electron chi connectivity index (χ2n) is 6.48. The number of likely N-dealkylation sites (tertiary alicyclic amines) is 1. The zero-order valence-corrected chi connectivity index (χ0v) is 14.4. The second kappa shape index (κ2) is 6.07. The van der Waals surface area contributed by atoms with E-state index in [1.807, 2.05) is 4.90 Å². The van der Waals surface area contributed by atoms with Crippen molar-refractivity contribution in [3.05, 3.63) is 16.8 Å². The lowest BCUT2D eigenvalue weighted by Crippen LogP contribution is -2.30. The lowest BCUT2D eigenvalue weighted by molar-refractivity contribution is 0.0797. The molecule has 0 saturated carbocycles. The van der Waals surface area contributed by atoms with Crippen LogP contribution >= 0.6 is 11.3 Å². The molecule has 0 bridgehead atoms. The number of anilines is 1. The van der Waals surface area contributed by atoms with Crippen molar-refractivity contribution in [2.75, 3.05) is 31.1 Å². The summed E-state index contributed by atoms with van der Waals surface area (Å²) in [5.41, 5.74) is 1.06. The van der Waals surface area contributed by atoms with Gasteiger partial charge in [0.15, 0.2) is 0 Å². The average molecular weight is 330 g/mol. The summed E-state index contributed by atoms with van der Waals surface area (Å²) in [6, 6.07) is 0. The van der Waals surface area contributed by atoms with E-state index in [2.05, 4.69) is 21.8 Å². The van der Waals surface area contributed by atoms with Gasteiger partial charge in [-0.1, -0.05) is 0 Å². The third-order valence-corrected chi connectivity index (χ3v) is 6.14. The van der Waals surface area contributed by atoms with Crippen LogP contribution in [0, 0.1) is 6.92 Å². The molecule has 5 nitrogen and oxygen atoms in total. The summed E-state index contributed by atoms with van der Waals surface area (Å²) in [5, 5.41) is 1.09. The Morgan fingerprint density at radius 2 is 1.74 bits per heavy atom. The summed E-state index contributed by atoms with van der Waals surface area (Å²) < 4.78 is 0. The van der Waals surface area contributed by atoms with Gasteiger partial charge in [0.25, 0.3) is 5.91 Å². The van der Waals surface area contributed by atoms with Crippen LogP contribution in [0.3, 0.4) is 0 Å². The molecule has 0 spiro atoms. The molecule has 2 aliphatic rings. The van der Waals surface area contributed by atoms with Gasteiger partial charge in [0.2, 0.25) is 0 Å². The minimum Gasteiger partial charge on any atom is -0.356 e. The molecule has 2 aromatic rings. The van der Waals surface area contributed by atoms with E-state index in [4.69, 9.17) is 0 Å². The lowest BCUT2D eigenvalue weighted by atomic mass is 10.1. The Morgan fingerprint density at radius 3 is 2.48 bits per heavy atom. The Hall–Kier alpha value is -1.69. The second-order valence-corrected chi connectivity index (χ2v) is 7.48.